The lowest BCUT2D eigenvalue weighted by atomic mass is 9.92. The first-order chi connectivity index (χ1) is 18.8. The molecule has 1 fully saturated rings. The van der Waals surface area contributed by atoms with E-state index in [1.54, 1.807) is 54.2 Å². The number of thiophene rings is 1. The number of aromatic nitrogens is 2. The zero-order valence-corrected chi connectivity index (χ0v) is 21.6. The van der Waals surface area contributed by atoms with E-state index < -0.39 is 36.0 Å². The molecule has 2 aromatic heterocycles. The zero-order chi connectivity index (χ0) is 27.4. The summed E-state index contributed by atoms with van der Waals surface area (Å²) in [5.41, 5.74) is 3.66. The molecule has 0 bridgehead atoms. The molecule has 1 aliphatic rings. The van der Waals surface area contributed by atoms with Crippen molar-refractivity contribution in [3.05, 3.63) is 102 Å². The minimum atomic E-state index is -1.34. The maximum atomic E-state index is 12.9. The average Bonchev–Trinajstić information content (AvgIpc) is 3.68. The lowest BCUT2D eigenvalue weighted by molar-refractivity contribution is -0.147. The molecule has 1 saturated heterocycles. The molecule has 10 nitrogen and oxygen atoms in total. The molecule has 11 heteroatoms. The van der Waals surface area contributed by atoms with Gasteiger partial charge in [0.15, 0.2) is 6.61 Å². The molecule has 1 unspecified atom stereocenters. The summed E-state index contributed by atoms with van der Waals surface area (Å²) in [5.74, 6) is -2.27. The Bertz CT molecular complexity index is 1550. The van der Waals surface area contributed by atoms with E-state index in [1.807, 2.05) is 47.8 Å². The van der Waals surface area contributed by atoms with E-state index in [1.165, 1.54) is 17.4 Å². The number of hydrogen-bond donors (Lipinski definition) is 2. The summed E-state index contributed by atoms with van der Waals surface area (Å²) in [5, 5.41) is 9.77. The minimum absolute atomic E-state index is 0.564. The molecule has 0 aliphatic carbocycles. The second kappa shape index (κ2) is 10.8. The molecule has 2 aromatic carbocycles. The van der Waals surface area contributed by atoms with Crippen LogP contribution in [0.1, 0.15) is 18.1 Å². The highest BCUT2D eigenvalue weighted by atomic mass is 32.1. The zero-order valence-electron chi connectivity index (χ0n) is 20.7. The largest absolute Gasteiger partial charge is 0.452 e. The molecule has 0 radical (unpaired) electrons. The Morgan fingerprint density at radius 3 is 2.46 bits per heavy atom. The van der Waals surface area contributed by atoms with Gasteiger partial charge < -0.3 is 10.1 Å². The number of hydrazine groups is 1. The Morgan fingerprint density at radius 2 is 1.77 bits per heavy atom. The third-order valence-electron chi connectivity index (χ3n) is 6.04. The van der Waals surface area contributed by atoms with E-state index in [0.717, 1.165) is 10.6 Å². The van der Waals surface area contributed by atoms with Gasteiger partial charge in [-0.2, -0.15) is 10.1 Å². The second-order valence-corrected chi connectivity index (χ2v) is 9.68. The lowest BCUT2D eigenvalue weighted by Crippen LogP contribution is -2.49. The summed E-state index contributed by atoms with van der Waals surface area (Å²) in [7, 11) is 0. The van der Waals surface area contributed by atoms with Gasteiger partial charge in [0.25, 0.3) is 11.8 Å². The fourth-order valence-corrected chi connectivity index (χ4v) is 4.77. The number of para-hydroxylation sites is 1. The number of benzene rings is 2. The maximum absolute atomic E-state index is 12.9. The number of rotatable bonds is 8. The van der Waals surface area contributed by atoms with Gasteiger partial charge in [-0.1, -0.05) is 54.6 Å². The van der Waals surface area contributed by atoms with Crippen LogP contribution in [0.5, 0.6) is 0 Å². The fraction of sp³-hybridized carbons (Fsp3) is 0.107. The van der Waals surface area contributed by atoms with Crippen molar-refractivity contribution in [3.63, 3.8) is 0 Å². The van der Waals surface area contributed by atoms with Crippen LogP contribution in [-0.2, 0) is 24.7 Å². The minimum Gasteiger partial charge on any atom is -0.452 e. The van der Waals surface area contributed by atoms with Crippen molar-refractivity contribution in [1.82, 2.24) is 25.5 Å². The molecule has 196 valence electrons. The van der Waals surface area contributed by atoms with E-state index in [-0.39, 0.29) is 0 Å². The van der Waals surface area contributed by atoms with Gasteiger partial charge in [0.05, 0.1) is 10.6 Å². The number of imide groups is 1. The average molecular weight is 542 g/mol. The first kappa shape index (κ1) is 25.6. The second-order valence-electron chi connectivity index (χ2n) is 8.73. The summed E-state index contributed by atoms with van der Waals surface area (Å²) in [6.45, 7) is 0.854. The number of hydrogen-bond acceptors (Lipinski definition) is 7. The van der Waals surface area contributed by atoms with E-state index >= 15 is 0 Å². The number of urea groups is 1. The number of nitrogens with one attached hydrogen (secondary N) is 2. The number of carbonyl (C=O) groups excluding carboxylic acids is 4. The van der Waals surface area contributed by atoms with Gasteiger partial charge in [0.1, 0.15) is 11.2 Å². The number of nitrogens with zero attached hydrogens (tertiary/aromatic N) is 3. The van der Waals surface area contributed by atoms with Crippen molar-refractivity contribution in [2.45, 2.75) is 12.5 Å². The third-order valence-corrected chi connectivity index (χ3v) is 6.92. The van der Waals surface area contributed by atoms with Crippen LogP contribution in [-0.4, -0.2) is 45.2 Å². The van der Waals surface area contributed by atoms with E-state index in [4.69, 9.17) is 4.74 Å². The quantitative estimate of drug-likeness (QED) is 0.199. The van der Waals surface area contributed by atoms with Gasteiger partial charge >= 0.3 is 12.0 Å². The Labute approximate surface area is 227 Å². The van der Waals surface area contributed by atoms with Crippen LogP contribution in [0, 0.1) is 0 Å². The van der Waals surface area contributed by atoms with Crippen LogP contribution >= 0.6 is 11.3 Å². The van der Waals surface area contributed by atoms with Gasteiger partial charge in [-0.25, -0.2) is 14.3 Å². The van der Waals surface area contributed by atoms with Crippen LogP contribution in [0.15, 0.2) is 90.4 Å². The monoisotopic (exact) mass is 541 g/mol. The van der Waals surface area contributed by atoms with Gasteiger partial charge in [-0.05, 0) is 42.1 Å². The maximum Gasteiger partial charge on any atom is 0.344 e. The summed E-state index contributed by atoms with van der Waals surface area (Å²) in [4.78, 5) is 51.0. The van der Waals surface area contributed by atoms with Crippen LogP contribution < -0.4 is 10.7 Å². The van der Waals surface area contributed by atoms with Crippen LogP contribution in [0.2, 0.25) is 0 Å². The van der Waals surface area contributed by atoms with Gasteiger partial charge in [0.2, 0.25) is 0 Å². The van der Waals surface area contributed by atoms with Gasteiger partial charge in [-0.3, -0.25) is 15.0 Å². The standard InChI is InChI=1S/C28H23N5O5S/c1-28(20-9-4-2-5-10-20)26(36)33(27(37)29-28)30-23(34)18-38-24(35)15-14-19-17-32(21-11-6-3-7-12-21)31-25(19)22-13-8-16-39-22/h2-17H,18H2,1H3,(H,29,37)(H,30,34). The van der Waals surface area contributed by atoms with Gasteiger partial charge in [0, 0.05) is 17.8 Å². The number of carbonyl (C=O) groups is 4. The Morgan fingerprint density at radius 1 is 1.05 bits per heavy atom. The highest BCUT2D eigenvalue weighted by Gasteiger charge is 2.50. The van der Waals surface area contributed by atoms with Crippen molar-refractivity contribution in [2.75, 3.05) is 6.61 Å². The van der Waals surface area contributed by atoms with Crippen molar-refractivity contribution in [2.24, 2.45) is 0 Å². The topological polar surface area (TPSA) is 123 Å². The third kappa shape index (κ3) is 5.34. The predicted octanol–water partition coefficient (Wildman–Crippen LogP) is 3.66. The Hall–Kier alpha value is -5.03. The summed E-state index contributed by atoms with van der Waals surface area (Å²) >= 11 is 1.52. The highest BCUT2D eigenvalue weighted by Crippen LogP contribution is 2.29. The summed E-state index contributed by atoms with van der Waals surface area (Å²) < 4.78 is 6.75. The first-order valence-electron chi connectivity index (χ1n) is 11.9. The van der Waals surface area contributed by atoms with Crippen molar-refractivity contribution in [1.29, 1.82) is 0 Å². The van der Waals surface area contributed by atoms with Crippen molar-refractivity contribution in [3.8, 4) is 16.3 Å². The number of ether oxygens (including phenoxy) is 1. The summed E-state index contributed by atoms with van der Waals surface area (Å²) in [6, 6.07) is 21.3. The molecule has 39 heavy (non-hydrogen) atoms. The molecule has 2 N–H and O–H groups in total. The molecule has 4 aromatic rings. The normalized spacial score (nSPS) is 16.9. The smallest absolute Gasteiger partial charge is 0.344 e. The van der Waals surface area contributed by atoms with Crippen LogP contribution in [0.3, 0.4) is 0 Å². The predicted molar refractivity (Wildman–Crippen MR) is 144 cm³/mol. The molecule has 1 aliphatic heterocycles. The molecular formula is C28H23N5O5S. The summed E-state index contributed by atoms with van der Waals surface area (Å²) in [6.07, 6.45) is 4.55. The van der Waals surface area contributed by atoms with E-state index in [9.17, 15) is 19.2 Å². The Kier molecular flexibility index (Phi) is 7.06. The fourth-order valence-electron chi connectivity index (χ4n) is 4.03. The first-order valence-corrected chi connectivity index (χ1v) is 12.8. The molecule has 5 rings (SSSR count). The lowest BCUT2D eigenvalue weighted by Gasteiger charge is -2.22. The molecule has 0 spiro atoms. The Balaban J connectivity index is 1.22. The SMILES string of the molecule is CC1(c2ccccc2)NC(=O)N(NC(=O)COC(=O)C=Cc2cn(-c3ccccc3)nc2-c2cccs2)C1=O. The number of esters is 1. The van der Waals surface area contributed by atoms with Crippen LogP contribution in [0.25, 0.3) is 22.3 Å². The highest BCUT2D eigenvalue weighted by molar-refractivity contribution is 7.13. The molecular weight excluding hydrogens is 518 g/mol. The number of amides is 4. The molecule has 1 atom stereocenters. The molecule has 0 saturated carbocycles. The van der Waals surface area contributed by atoms with Crippen molar-refractivity contribution < 1.29 is 23.9 Å². The van der Waals surface area contributed by atoms with Crippen LogP contribution in [0.4, 0.5) is 4.79 Å². The van der Waals surface area contributed by atoms with E-state index in [2.05, 4.69) is 15.8 Å². The van der Waals surface area contributed by atoms with Crippen molar-refractivity contribution >= 4 is 41.2 Å². The molecule has 3 heterocycles. The van der Waals surface area contributed by atoms with E-state index in [0.29, 0.717) is 21.8 Å². The van der Waals surface area contributed by atoms with Gasteiger partial charge in [-0.15, -0.1) is 11.3 Å². The molecule has 4 amide bonds.